The second-order valence-corrected chi connectivity index (χ2v) is 7.56. The highest BCUT2D eigenvalue weighted by atomic mass is 16.5. The number of ether oxygens (including phenoxy) is 1. The summed E-state index contributed by atoms with van der Waals surface area (Å²) in [5, 5.41) is 7.14. The molecule has 2 amide bonds. The molecule has 0 saturated carbocycles. The molecule has 0 fully saturated rings. The molecule has 1 aromatic carbocycles. The van der Waals surface area contributed by atoms with Crippen LogP contribution in [0.4, 0.5) is 5.82 Å². The van der Waals surface area contributed by atoms with Crippen molar-refractivity contribution in [3.63, 3.8) is 0 Å². The van der Waals surface area contributed by atoms with E-state index >= 15 is 0 Å². The zero-order valence-corrected chi connectivity index (χ0v) is 18.2. The molecule has 2 heterocycles. The summed E-state index contributed by atoms with van der Waals surface area (Å²) in [4.78, 5) is 29.6. The third-order valence-corrected chi connectivity index (χ3v) is 5.29. The van der Waals surface area contributed by atoms with Crippen molar-refractivity contribution in [1.82, 2.24) is 10.4 Å². The Morgan fingerprint density at radius 2 is 1.91 bits per heavy atom. The van der Waals surface area contributed by atoms with Crippen LogP contribution in [0.1, 0.15) is 56.3 Å². The first-order valence-electron chi connectivity index (χ1n) is 10.3. The predicted molar refractivity (Wildman–Crippen MR) is 120 cm³/mol. The van der Waals surface area contributed by atoms with Crippen molar-refractivity contribution in [2.45, 2.75) is 33.1 Å². The van der Waals surface area contributed by atoms with E-state index in [0.29, 0.717) is 47.0 Å². The van der Waals surface area contributed by atoms with Crippen molar-refractivity contribution in [3.8, 4) is 5.75 Å². The van der Waals surface area contributed by atoms with Gasteiger partial charge in [0, 0.05) is 28.8 Å². The summed E-state index contributed by atoms with van der Waals surface area (Å²) in [6.45, 7) is 3.68. The number of hydrogen-bond donors (Lipinski definition) is 2. The number of carbonyl (C=O) groups excluding carboxylic acids is 2. The highest BCUT2D eigenvalue weighted by Gasteiger charge is 2.28. The van der Waals surface area contributed by atoms with Crippen LogP contribution in [0.3, 0.4) is 0 Å². The summed E-state index contributed by atoms with van der Waals surface area (Å²) in [6, 6.07) is 12.3. The Morgan fingerprint density at radius 3 is 2.69 bits per heavy atom. The standard InChI is InChI=1S/C24H24N4O4/c1-14-7-4-12-20(25-14)26-24(30)22-15(2)21-18(10-6-11-19(21)32-22)27-28-23(29)16-8-5-9-17(13-16)31-3/h4-5,7-9,12-13H,6,10-11H2,1-3H3,(H,28,29)(H,25,26,30)/b27-18+. The van der Waals surface area contributed by atoms with Crippen molar-refractivity contribution < 1.29 is 18.7 Å². The molecule has 164 valence electrons. The van der Waals surface area contributed by atoms with Gasteiger partial charge >= 0.3 is 0 Å². The van der Waals surface area contributed by atoms with Crippen LogP contribution in [-0.2, 0) is 6.42 Å². The lowest BCUT2D eigenvalue weighted by Gasteiger charge is -2.13. The van der Waals surface area contributed by atoms with Gasteiger partial charge in [-0.05, 0) is 57.0 Å². The van der Waals surface area contributed by atoms with Crippen molar-refractivity contribution in [1.29, 1.82) is 0 Å². The quantitative estimate of drug-likeness (QED) is 0.592. The van der Waals surface area contributed by atoms with E-state index in [-0.39, 0.29) is 17.6 Å². The van der Waals surface area contributed by atoms with Crippen molar-refractivity contribution in [3.05, 3.63) is 76.4 Å². The third kappa shape index (κ3) is 4.39. The number of benzene rings is 1. The monoisotopic (exact) mass is 432 g/mol. The maximum absolute atomic E-state index is 12.8. The topological polar surface area (TPSA) is 106 Å². The summed E-state index contributed by atoms with van der Waals surface area (Å²) in [7, 11) is 1.55. The Hall–Kier alpha value is -3.94. The van der Waals surface area contributed by atoms with E-state index in [0.717, 1.165) is 17.7 Å². The Labute approximate surface area is 185 Å². The molecular formula is C24H24N4O4. The molecule has 4 rings (SSSR count). The van der Waals surface area contributed by atoms with Gasteiger partial charge in [-0.25, -0.2) is 10.4 Å². The van der Waals surface area contributed by atoms with Crippen molar-refractivity contribution in [2.24, 2.45) is 5.10 Å². The summed E-state index contributed by atoms with van der Waals surface area (Å²) < 4.78 is 11.1. The molecular weight excluding hydrogens is 408 g/mol. The van der Waals surface area contributed by atoms with Gasteiger partial charge in [-0.3, -0.25) is 9.59 Å². The van der Waals surface area contributed by atoms with Crippen molar-refractivity contribution in [2.75, 3.05) is 12.4 Å². The fraction of sp³-hybridized carbons (Fsp3) is 0.250. The van der Waals surface area contributed by atoms with Crippen LogP contribution in [0, 0.1) is 13.8 Å². The van der Waals surface area contributed by atoms with E-state index < -0.39 is 0 Å². The summed E-state index contributed by atoms with van der Waals surface area (Å²) in [5.41, 5.74) is 6.03. The molecule has 0 radical (unpaired) electrons. The molecule has 0 spiro atoms. The minimum atomic E-state index is -0.366. The largest absolute Gasteiger partial charge is 0.497 e. The number of amides is 2. The molecule has 0 saturated heterocycles. The van der Waals surface area contributed by atoms with Gasteiger partial charge in [0.25, 0.3) is 11.8 Å². The first-order valence-corrected chi connectivity index (χ1v) is 10.3. The van der Waals surface area contributed by atoms with Gasteiger partial charge in [-0.15, -0.1) is 0 Å². The van der Waals surface area contributed by atoms with E-state index in [1.807, 2.05) is 26.0 Å². The zero-order valence-electron chi connectivity index (χ0n) is 18.2. The lowest BCUT2D eigenvalue weighted by Crippen LogP contribution is -2.22. The molecule has 1 aliphatic rings. The summed E-state index contributed by atoms with van der Waals surface area (Å²) in [6.07, 6.45) is 2.19. The van der Waals surface area contributed by atoms with E-state index in [2.05, 4.69) is 20.8 Å². The fourth-order valence-electron chi connectivity index (χ4n) is 3.73. The molecule has 3 aromatic rings. The van der Waals surface area contributed by atoms with E-state index in [1.165, 1.54) is 0 Å². The van der Waals surface area contributed by atoms with Crippen LogP contribution in [0.2, 0.25) is 0 Å². The van der Waals surface area contributed by atoms with Gasteiger partial charge < -0.3 is 14.5 Å². The lowest BCUT2D eigenvalue weighted by atomic mass is 9.93. The number of anilines is 1. The molecule has 8 heteroatoms. The molecule has 0 bridgehead atoms. The van der Waals surface area contributed by atoms with Gasteiger partial charge in [0.15, 0.2) is 5.76 Å². The number of methoxy groups -OCH3 is 1. The highest BCUT2D eigenvalue weighted by molar-refractivity contribution is 6.09. The number of carbonyl (C=O) groups is 2. The fourth-order valence-corrected chi connectivity index (χ4v) is 3.73. The number of aryl methyl sites for hydroxylation is 2. The number of aromatic nitrogens is 1. The first-order chi connectivity index (χ1) is 15.5. The van der Waals surface area contributed by atoms with Gasteiger partial charge in [0.2, 0.25) is 0 Å². The summed E-state index contributed by atoms with van der Waals surface area (Å²) >= 11 is 0. The molecule has 1 aliphatic carbocycles. The number of nitrogens with zero attached hydrogens (tertiary/aromatic N) is 2. The Morgan fingerprint density at radius 1 is 1.09 bits per heavy atom. The van der Waals surface area contributed by atoms with Gasteiger partial charge in [0.1, 0.15) is 17.3 Å². The average molecular weight is 432 g/mol. The zero-order chi connectivity index (χ0) is 22.7. The van der Waals surface area contributed by atoms with Crippen LogP contribution in [0.15, 0.2) is 52.0 Å². The predicted octanol–water partition coefficient (Wildman–Crippen LogP) is 4.02. The second kappa shape index (κ2) is 9.05. The molecule has 0 unspecified atom stereocenters. The number of pyridine rings is 1. The normalized spacial score (nSPS) is 14.0. The first kappa shape index (κ1) is 21.3. The van der Waals surface area contributed by atoms with Gasteiger partial charge in [0.05, 0.1) is 12.8 Å². The summed E-state index contributed by atoms with van der Waals surface area (Å²) in [5.74, 6) is 1.28. The maximum Gasteiger partial charge on any atom is 0.292 e. The molecule has 0 aliphatic heterocycles. The third-order valence-electron chi connectivity index (χ3n) is 5.29. The van der Waals surface area contributed by atoms with Gasteiger partial charge in [-0.1, -0.05) is 12.1 Å². The van der Waals surface area contributed by atoms with Crippen molar-refractivity contribution >= 4 is 23.3 Å². The smallest absolute Gasteiger partial charge is 0.292 e. The SMILES string of the molecule is COc1cccc(C(=O)N/N=C2\CCCc3oc(C(=O)Nc4cccc(C)n4)c(C)c32)c1. The molecule has 2 N–H and O–H groups in total. The van der Waals surface area contributed by atoms with Crippen LogP contribution < -0.4 is 15.5 Å². The number of rotatable bonds is 5. The molecule has 32 heavy (non-hydrogen) atoms. The maximum atomic E-state index is 12.8. The van der Waals surface area contributed by atoms with Crippen LogP contribution in [-0.4, -0.2) is 29.6 Å². The molecule has 2 aromatic heterocycles. The number of hydrazone groups is 1. The van der Waals surface area contributed by atoms with Gasteiger partial charge in [-0.2, -0.15) is 5.10 Å². The minimum Gasteiger partial charge on any atom is -0.497 e. The van der Waals surface area contributed by atoms with E-state index in [9.17, 15) is 9.59 Å². The Bertz CT molecular complexity index is 1210. The Kier molecular flexibility index (Phi) is 6.02. The van der Waals surface area contributed by atoms with E-state index in [4.69, 9.17) is 9.15 Å². The average Bonchev–Trinajstić information content (AvgIpc) is 3.14. The van der Waals surface area contributed by atoms with Crippen LogP contribution in [0.5, 0.6) is 5.75 Å². The lowest BCUT2D eigenvalue weighted by molar-refractivity contribution is 0.0953. The molecule has 0 atom stereocenters. The minimum absolute atomic E-state index is 0.229. The number of fused-ring (bicyclic) bond motifs is 1. The van der Waals surface area contributed by atoms with E-state index in [1.54, 1.807) is 37.4 Å². The highest BCUT2D eigenvalue weighted by Crippen LogP contribution is 2.30. The number of hydrogen-bond acceptors (Lipinski definition) is 6. The number of furan rings is 1. The number of nitrogens with one attached hydrogen (secondary N) is 2. The van der Waals surface area contributed by atoms with Crippen LogP contribution >= 0.6 is 0 Å². The molecule has 8 nitrogen and oxygen atoms in total. The Balaban J connectivity index is 1.56. The van der Waals surface area contributed by atoms with Crippen LogP contribution in [0.25, 0.3) is 0 Å². The second-order valence-electron chi connectivity index (χ2n) is 7.56.